The summed E-state index contributed by atoms with van der Waals surface area (Å²) in [7, 11) is 2.58. The third kappa shape index (κ3) is 3.53. The molecule has 3 aromatic rings. The van der Waals surface area contributed by atoms with Crippen LogP contribution in [-0.4, -0.2) is 66.6 Å². The van der Waals surface area contributed by atoms with Crippen LogP contribution in [0.3, 0.4) is 0 Å². The molecule has 0 amide bonds. The monoisotopic (exact) mass is 358 g/mol. The summed E-state index contributed by atoms with van der Waals surface area (Å²) in [5, 5.41) is 22.6. The molecule has 0 bridgehead atoms. The molecule has 0 unspecified atom stereocenters. The SMILES string of the molecule is COC(=O)Cn1nnnc1-c1ccc(-c2nnnn2CC(=O)OC)cc1. The molecular formula is C14H14N8O4. The number of aromatic nitrogens is 8. The molecule has 1 aromatic carbocycles. The predicted molar refractivity (Wildman–Crippen MR) is 84.1 cm³/mol. The lowest BCUT2D eigenvalue weighted by Crippen LogP contribution is -2.14. The van der Waals surface area contributed by atoms with Gasteiger partial charge < -0.3 is 9.47 Å². The van der Waals surface area contributed by atoms with Gasteiger partial charge in [0.25, 0.3) is 0 Å². The number of carbonyl (C=O) groups is 2. The van der Waals surface area contributed by atoms with Crippen LogP contribution >= 0.6 is 0 Å². The Morgan fingerprint density at radius 2 is 1.19 bits per heavy atom. The molecule has 0 atom stereocenters. The Bertz CT molecular complexity index is 842. The summed E-state index contributed by atoms with van der Waals surface area (Å²) >= 11 is 0. The molecule has 0 N–H and O–H groups in total. The first-order chi connectivity index (χ1) is 12.6. The molecule has 0 saturated heterocycles. The third-order valence-electron chi connectivity index (χ3n) is 3.48. The first kappa shape index (κ1) is 17.1. The molecule has 0 aliphatic rings. The van der Waals surface area contributed by atoms with Crippen molar-refractivity contribution >= 4 is 11.9 Å². The largest absolute Gasteiger partial charge is 0.468 e. The number of rotatable bonds is 6. The van der Waals surface area contributed by atoms with E-state index in [0.717, 1.165) is 0 Å². The van der Waals surface area contributed by atoms with Crippen LogP contribution in [0.1, 0.15) is 0 Å². The Kier molecular flexibility index (Phi) is 4.92. The van der Waals surface area contributed by atoms with E-state index in [2.05, 4.69) is 40.5 Å². The molecule has 12 nitrogen and oxygen atoms in total. The molecule has 2 heterocycles. The zero-order valence-corrected chi connectivity index (χ0v) is 13.9. The van der Waals surface area contributed by atoms with Crippen molar-refractivity contribution in [2.24, 2.45) is 0 Å². The van der Waals surface area contributed by atoms with Crippen LogP contribution in [0, 0.1) is 0 Å². The molecule has 3 rings (SSSR count). The summed E-state index contributed by atoms with van der Waals surface area (Å²) in [5.74, 6) is -0.0958. The minimum absolute atomic E-state index is 0.0992. The maximum Gasteiger partial charge on any atom is 0.327 e. The van der Waals surface area contributed by atoms with Gasteiger partial charge in [0.1, 0.15) is 13.1 Å². The second-order valence-corrected chi connectivity index (χ2v) is 5.05. The van der Waals surface area contributed by atoms with E-state index in [0.29, 0.717) is 22.8 Å². The normalized spacial score (nSPS) is 10.5. The van der Waals surface area contributed by atoms with Crippen LogP contribution in [0.25, 0.3) is 22.8 Å². The Balaban J connectivity index is 1.84. The maximum absolute atomic E-state index is 11.4. The van der Waals surface area contributed by atoms with Gasteiger partial charge in [0, 0.05) is 11.1 Å². The van der Waals surface area contributed by atoms with Crippen molar-refractivity contribution < 1.29 is 19.1 Å². The maximum atomic E-state index is 11.4. The van der Waals surface area contributed by atoms with E-state index in [-0.39, 0.29) is 13.1 Å². The van der Waals surface area contributed by atoms with Gasteiger partial charge in [-0.25, -0.2) is 9.36 Å². The Hall–Kier alpha value is -3.70. The van der Waals surface area contributed by atoms with E-state index in [4.69, 9.17) is 0 Å². The quantitative estimate of drug-likeness (QED) is 0.521. The van der Waals surface area contributed by atoms with E-state index >= 15 is 0 Å². The highest BCUT2D eigenvalue weighted by Gasteiger charge is 2.15. The molecule has 0 fully saturated rings. The second-order valence-electron chi connectivity index (χ2n) is 5.05. The summed E-state index contributed by atoms with van der Waals surface area (Å²) in [5.41, 5.74) is 1.38. The number of tetrazole rings is 2. The summed E-state index contributed by atoms with van der Waals surface area (Å²) in [6.45, 7) is -0.198. The highest BCUT2D eigenvalue weighted by molar-refractivity contribution is 5.71. The van der Waals surface area contributed by atoms with Crippen LogP contribution in [0.15, 0.2) is 24.3 Å². The fourth-order valence-electron chi connectivity index (χ4n) is 2.18. The van der Waals surface area contributed by atoms with Crippen LogP contribution in [0.4, 0.5) is 0 Å². The number of methoxy groups -OCH3 is 2. The average molecular weight is 358 g/mol. The minimum atomic E-state index is -0.461. The molecule has 0 saturated carbocycles. The van der Waals surface area contributed by atoms with Crippen LogP contribution < -0.4 is 0 Å². The molecule has 0 aliphatic heterocycles. The standard InChI is InChI=1S/C14H14N8O4/c1-25-11(23)7-21-13(15-17-19-21)9-3-5-10(6-4-9)14-16-18-20-22(14)8-12(24)26-2/h3-6H,7-8H2,1-2H3. The number of hydrogen-bond donors (Lipinski definition) is 0. The highest BCUT2D eigenvalue weighted by atomic mass is 16.5. The molecule has 0 radical (unpaired) electrons. The molecule has 0 aliphatic carbocycles. The van der Waals surface area contributed by atoms with Gasteiger partial charge in [-0.2, -0.15) is 0 Å². The first-order valence-corrected chi connectivity index (χ1v) is 7.39. The average Bonchev–Trinajstić information content (AvgIpc) is 3.31. The lowest BCUT2D eigenvalue weighted by molar-refractivity contribution is -0.142. The topological polar surface area (TPSA) is 140 Å². The summed E-state index contributed by atoms with van der Waals surface area (Å²) < 4.78 is 11.9. The number of ether oxygens (including phenoxy) is 2. The zero-order chi connectivity index (χ0) is 18.5. The van der Waals surface area contributed by atoms with Crippen LogP contribution in [0.2, 0.25) is 0 Å². The van der Waals surface area contributed by atoms with Crippen molar-refractivity contribution in [2.45, 2.75) is 13.1 Å². The second kappa shape index (κ2) is 7.46. The van der Waals surface area contributed by atoms with Gasteiger partial charge in [0.05, 0.1) is 14.2 Å². The lowest BCUT2D eigenvalue weighted by atomic mass is 10.1. The molecular weight excluding hydrogens is 344 g/mol. The molecule has 12 heteroatoms. The molecule has 0 spiro atoms. The number of carbonyl (C=O) groups excluding carboxylic acids is 2. The predicted octanol–water partition coefficient (Wildman–Crippen LogP) is -0.660. The lowest BCUT2D eigenvalue weighted by Gasteiger charge is -2.06. The molecule has 26 heavy (non-hydrogen) atoms. The van der Waals surface area contributed by atoms with Gasteiger partial charge in [-0.3, -0.25) is 9.59 Å². The van der Waals surface area contributed by atoms with Crippen molar-refractivity contribution in [1.29, 1.82) is 0 Å². The van der Waals surface area contributed by atoms with Gasteiger partial charge in [0.2, 0.25) is 0 Å². The van der Waals surface area contributed by atoms with Crippen LogP contribution in [-0.2, 0) is 32.2 Å². The van der Waals surface area contributed by atoms with Gasteiger partial charge in [0.15, 0.2) is 11.6 Å². The fraction of sp³-hybridized carbons (Fsp3) is 0.286. The Labute approximate surface area is 146 Å². The van der Waals surface area contributed by atoms with E-state index in [1.54, 1.807) is 24.3 Å². The van der Waals surface area contributed by atoms with E-state index in [1.807, 2.05) is 0 Å². The van der Waals surface area contributed by atoms with Gasteiger partial charge in [-0.1, -0.05) is 24.3 Å². The minimum Gasteiger partial charge on any atom is -0.468 e. The summed E-state index contributed by atoms with van der Waals surface area (Å²) in [6, 6.07) is 7.02. The number of hydrogen-bond acceptors (Lipinski definition) is 10. The first-order valence-electron chi connectivity index (χ1n) is 7.39. The third-order valence-corrected chi connectivity index (χ3v) is 3.48. The number of esters is 2. The van der Waals surface area contributed by atoms with Crippen molar-refractivity contribution in [3.05, 3.63) is 24.3 Å². The van der Waals surface area contributed by atoms with Crippen molar-refractivity contribution in [3.63, 3.8) is 0 Å². The zero-order valence-electron chi connectivity index (χ0n) is 13.9. The van der Waals surface area contributed by atoms with Gasteiger partial charge in [-0.15, -0.1) is 10.2 Å². The van der Waals surface area contributed by atoms with Crippen molar-refractivity contribution in [1.82, 2.24) is 40.4 Å². The highest BCUT2D eigenvalue weighted by Crippen LogP contribution is 2.21. The molecule has 2 aromatic heterocycles. The smallest absolute Gasteiger partial charge is 0.327 e. The number of benzene rings is 1. The summed E-state index contributed by atoms with van der Waals surface area (Å²) in [4.78, 5) is 22.8. The van der Waals surface area contributed by atoms with E-state index in [1.165, 1.54) is 23.6 Å². The molecule has 134 valence electrons. The fourth-order valence-corrected chi connectivity index (χ4v) is 2.18. The summed E-state index contributed by atoms with van der Waals surface area (Å²) in [6.07, 6.45) is 0. The van der Waals surface area contributed by atoms with Gasteiger partial charge in [-0.05, 0) is 20.9 Å². The van der Waals surface area contributed by atoms with Crippen LogP contribution in [0.5, 0.6) is 0 Å². The number of nitrogens with zero attached hydrogens (tertiary/aromatic N) is 8. The van der Waals surface area contributed by atoms with E-state index in [9.17, 15) is 9.59 Å². The van der Waals surface area contributed by atoms with Crippen molar-refractivity contribution in [2.75, 3.05) is 14.2 Å². The Morgan fingerprint density at radius 3 is 1.54 bits per heavy atom. The van der Waals surface area contributed by atoms with Crippen molar-refractivity contribution in [3.8, 4) is 22.8 Å². The Morgan fingerprint density at radius 1 is 0.808 bits per heavy atom. The van der Waals surface area contributed by atoms with Gasteiger partial charge >= 0.3 is 11.9 Å². The van der Waals surface area contributed by atoms with E-state index < -0.39 is 11.9 Å².